The van der Waals surface area contributed by atoms with Crippen LogP contribution in [0.1, 0.15) is 18.9 Å². The summed E-state index contributed by atoms with van der Waals surface area (Å²) in [5.74, 6) is -0.418. The quantitative estimate of drug-likeness (QED) is 0.741. The molecular weight excluding hydrogens is 180 g/mol. The summed E-state index contributed by atoms with van der Waals surface area (Å²) in [6.45, 7) is 1.60. The van der Waals surface area contributed by atoms with Gasteiger partial charge in [-0.2, -0.15) is 0 Å². The maximum Gasteiger partial charge on any atom is 0.308 e. The first-order valence-corrected chi connectivity index (χ1v) is 4.41. The molecule has 0 heterocycles. The Labute approximate surface area is 83.3 Å². The average Bonchev–Trinajstić information content (AvgIpc) is 2.18. The van der Waals surface area contributed by atoms with Crippen LogP contribution in [0, 0.1) is 0 Å². The predicted octanol–water partition coefficient (Wildman–Crippen LogP) is 1.46. The van der Waals surface area contributed by atoms with Crippen molar-refractivity contribution in [2.24, 2.45) is 0 Å². The molecule has 0 unspecified atom stereocenters. The zero-order chi connectivity index (χ0) is 10.6. The topological polar surface area (TPSA) is 46.5 Å². The minimum atomic E-state index is -1.16. The molecule has 0 aliphatic rings. The minimum absolute atomic E-state index is 0.0342. The highest BCUT2D eigenvalue weighted by Gasteiger charge is 2.26. The molecular formula is C11H14O3. The lowest BCUT2D eigenvalue weighted by molar-refractivity contribution is -0.145. The van der Waals surface area contributed by atoms with Gasteiger partial charge >= 0.3 is 5.97 Å². The van der Waals surface area contributed by atoms with Gasteiger partial charge in [0.05, 0.1) is 19.1 Å². The standard InChI is InChI=1S/C11H14O3/c1-11(13,8-10(12)14-2)9-6-4-3-5-7-9/h3-7,13H,8H2,1-2H3/t11-/m0/s1. The van der Waals surface area contributed by atoms with E-state index in [-0.39, 0.29) is 6.42 Å². The molecule has 1 aromatic rings. The van der Waals surface area contributed by atoms with Gasteiger partial charge in [-0.3, -0.25) is 4.79 Å². The van der Waals surface area contributed by atoms with Crippen molar-refractivity contribution in [1.82, 2.24) is 0 Å². The number of methoxy groups -OCH3 is 1. The fraction of sp³-hybridized carbons (Fsp3) is 0.364. The van der Waals surface area contributed by atoms with E-state index in [2.05, 4.69) is 4.74 Å². The first kappa shape index (κ1) is 10.7. The van der Waals surface area contributed by atoms with Crippen LogP contribution in [0.2, 0.25) is 0 Å². The molecule has 0 radical (unpaired) electrons. The number of hydrogen-bond donors (Lipinski definition) is 1. The van der Waals surface area contributed by atoms with Crippen molar-refractivity contribution in [3.63, 3.8) is 0 Å². The van der Waals surface area contributed by atoms with Crippen molar-refractivity contribution in [3.8, 4) is 0 Å². The summed E-state index contributed by atoms with van der Waals surface area (Å²) in [6.07, 6.45) is -0.0342. The zero-order valence-electron chi connectivity index (χ0n) is 8.36. The molecule has 0 amide bonds. The Hall–Kier alpha value is -1.35. The lowest BCUT2D eigenvalue weighted by Gasteiger charge is -2.22. The van der Waals surface area contributed by atoms with Crippen LogP contribution in [-0.2, 0) is 15.1 Å². The third-order valence-electron chi connectivity index (χ3n) is 2.11. The highest BCUT2D eigenvalue weighted by molar-refractivity contribution is 5.70. The van der Waals surface area contributed by atoms with Crippen LogP contribution in [0.4, 0.5) is 0 Å². The molecule has 1 atom stereocenters. The second kappa shape index (κ2) is 4.24. The third kappa shape index (κ3) is 2.57. The molecule has 1 rings (SSSR count). The lowest BCUT2D eigenvalue weighted by Crippen LogP contribution is -2.25. The van der Waals surface area contributed by atoms with Crippen LogP contribution in [-0.4, -0.2) is 18.2 Å². The Balaban J connectivity index is 2.80. The largest absolute Gasteiger partial charge is 0.469 e. The van der Waals surface area contributed by atoms with Gasteiger partial charge < -0.3 is 9.84 Å². The first-order valence-electron chi connectivity index (χ1n) is 4.41. The number of carbonyl (C=O) groups is 1. The van der Waals surface area contributed by atoms with Crippen molar-refractivity contribution in [2.45, 2.75) is 18.9 Å². The normalized spacial score (nSPS) is 14.5. The second-order valence-electron chi connectivity index (χ2n) is 3.39. The molecule has 0 aliphatic heterocycles. The lowest BCUT2D eigenvalue weighted by atomic mass is 9.93. The Morgan fingerprint density at radius 3 is 2.50 bits per heavy atom. The molecule has 1 aromatic carbocycles. The Bertz CT molecular complexity index is 304. The van der Waals surface area contributed by atoms with E-state index in [0.717, 1.165) is 0 Å². The van der Waals surface area contributed by atoms with Crippen LogP contribution >= 0.6 is 0 Å². The average molecular weight is 194 g/mol. The summed E-state index contributed by atoms with van der Waals surface area (Å²) in [4.78, 5) is 11.0. The molecule has 3 nitrogen and oxygen atoms in total. The van der Waals surface area contributed by atoms with Gasteiger partial charge in [-0.15, -0.1) is 0 Å². The minimum Gasteiger partial charge on any atom is -0.469 e. The monoisotopic (exact) mass is 194 g/mol. The van der Waals surface area contributed by atoms with Crippen molar-refractivity contribution in [1.29, 1.82) is 0 Å². The number of benzene rings is 1. The van der Waals surface area contributed by atoms with Crippen LogP contribution in [0.15, 0.2) is 30.3 Å². The van der Waals surface area contributed by atoms with Gasteiger partial charge in [0, 0.05) is 0 Å². The fourth-order valence-electron chi connectivity index (χ4n) is 1.25. The molecule has 0 bridgehead atoms. The number of hydrogen-bond acceptors (Lipinski definition) is 3. The van der Waals surface area contributed by atoms with Crippen LogP contribution in [0.3, 0.4) is 0 Å². The summed E-state index contributed by atoms with van der Waals surface area (Å²) < 4.78 is 4.51. The molecule has 1 N–H and O–H groups in total. The molecule has 0 aliphatic carbocycles. The summed E-state index contributed by atoms with van der Waals surface area (Å²) in [6, 6.07) is 9.06. The van der Waals surface area contributed by atoms with Gasteiger partial charge in [-0.1, -0.05) is 30.3 Å². The highest BCUT2D eigenvalue weighted by atomic mass is 16.5. The summed E-state index contributed by atoms with van der Waals surface area (Å²) in [5.41, 5.74) is -0.445. The van der Waals surface area contributed by atoms with Gasteiger partial charge in [-0.25, -0.2) is 0 Å². The number of esters is 1. The van der Waals surface area contributed by atoms with Gasteiger partial charge in [0.25, 0.3) is 0 Å². The maximum atomic E-state index is 11.0. The van der Waals surface area contributed by atoms with E-state index in [4.69, 9.17) is 0 Å². The summed E-state index contributed by atoms with van der Waals surface area (Å²) >= 11 is 0. The molecule has 0 aromatic heterocycles. The van der Waals surface area contributed by atoms with Crippen molar-refractivity contribution in [3.05, 3.63) is 35.9 Å². The van der Waals surface area contributed by atoms with E-state index in [0.29, 0.717) is 5.56 Å². The summed E-state index contributed by atoms with van der Waals surface area (Å²) in [5, 5.41) is 9.99. The first-order chi connectivity index (χ1) is 6.56. The Morgan fingerprint density at radius 2 is 2.00 bits per heavy atom. The van der Waals surface area contributed by atoms with Crippen molar-refractivity contribution in [2.75, 3.05) is 7.11 Å². The van der Waals surface area contributed by atoms with Crippen molar-refractivity contribution >= 4 is 5.97 Å². The van der Waals surface area contributed by atoms with E-state index < -0.39 is 11.6 Å². The van der Waals surface area contributed by atoms with Gasteiger partial charge in [0.2, 0.25) is 0 Å². The molecule has 0 saturated heterocycles. The maximum absolute atomic E-state index is 11.0. The third-order valence-corrected chi connectivity index (χ3v) is 2.11. The molecule has 14 heavy (non-hydrogen) atoms. The van der Waals surface area contributed by atoms with Crippen LogP contribution < -0.4 is 0 Å². The van der Waals surface area contributed by atoms with E-state index in [9.17, 15) is 9.90 Å². The SMILES string of the molecule is COC(=O)C[C@](C)(O)c1ccccc1. The van der Waals surface area contributed by atoms with Gasteiger partial charge in [-0.05, 0) is 12.5 Å². The number of aliphatic hydroxyl groups is 1. The molecule has 0 saturated carbocycles. The van der Waals surface area contributed by atoms with E-state index in [1.165, 1.54) is 7.11 Å². The second-order valence-corrected chi connectivity index (χ2v) is 3.39. The van der Waals surface area contributed by atoms with E-state index >= 15 is 0 Å². The smallest absolute Gasteiger partial charge is 0.308 e. The summed E-state index contributed by atoms with van der Waals surface area (Å²) in [7, 11) is 1.31. The van der Waals surface area contributed by atoms with Gasteiger partial charge in [0.15, 0.2) is 0 Å². The highest BCUT2D eigenvalue weighted by Crippen LogP contribution is 2.24. The zero-order valence-corrected chi connectivity index (χ0v) is 8.36. The fourth-order valence-corrected chi connectivity index (χ4v) is 1.25. The molecule has 0 spiro atoms. The van der Waals surface area contributed by atoms with E-state index in [1.807, 2.05) is 18.2 Å². The Morgan fingerprint density at radius 1 is 1.43 bits per heavy atom. The molecule has 3 heteroatoms. The Kier molecular flexibility index (Phi) is 3.25. The molecule has 0 fully saturated rings. The number of carbonyl (C=O) groups excluding carboxylic acids is 1. The molecule has 76 valence electrons. The van der Waals surface area contributed by atoms with Gasteiger partial charge in [0.1, 0.15) is 0 Å². The van der Waals surface area contributed by atoms with E-state index in [1.54, 1.807) is 19.1 Å². The van der Waals surface area contributed by atoms with Crippen LogP contribution in [0.25, 0.3) is 0 Å². The predicted molar refractivity (Wildman–Crippen MR) is 52.6 cm³/mol. The number of rotatable bonds is 3. The van der Waals surface area contributed by atoms with Crippen LogP contribution in [0.5, 0.6) is 0 Å². The number of ether oxygens (including phenoxy) is 1. The van der Waals surface area contributed by atoms with Crippen molar-refractivity contribution < 1.29 is 14.6 Å².